The summed E-state index contributed by atoms with van der Waals surface area (Å²) in [6, 6.07) is 29.5. The zero-order valence-electron chi connectivity index (χ0n) is 18.8. The van der Waals surface area contributed by atoms with E-state index in [4.69, 9.17) is 0 Å². The van der Waals surface area contributed by atoms with Gasteiger partial charge < -0.3 is 9.47 Å². The van der Waals surface area contributed by atoms with Gasteiger partial charge >= 0.3 is 0 Å². The lowest BCUT2D eigenvalue weighted by Crippen LogP contribution is -2.14. The van der Waals surface area contributed by atoms with Crippen molar-refractivity contribution in [2.75, 3.05) is 4.90 Å². The Morgan fingerprint density at radius 1 is 0.969 bits per heavy atom. The van der Waals surface area contributed by atoms with Gasteiger partial charge in [0.25, 0.3) is 0 Å². The van der Waals surface area contributed by atoms with E-state index in [0.29, 0.717) is 0 Å². The van der Waals surface area contributed by atoms with Gasteiger partial charge in [0.2, 0.25) is 0 Å². The molecule has 0 radical (unpaired) electrons. The number of fused-ring (bicyclic) bond motifs is 1. The first kappa shape index (κ1) is 21.3. The van der Waals surface area contributed by atoms with E-state index in [1.807, 2.05) is 18.2 Å². The highest BCUT2D eigenvalue weighted by molar-refractivity contribution is 5.89. The van der Waals surface area contributed by atoms with Crippen molar-refractivity contribution in [3.05, 3.63) is 116 Å². The van der Waals surface area contributed by atoms with Gasteiger partial charge in [0, 0.05) is 34.1 Å². The van der Waals surface area contributed by atoms with Gasteiger partial charge in [-0.25, -0.2) is 0 Å². The van der Waals surface area contributed by atoms with Crippen molar-refractivity contribution in [2.24, 2.45) is 5.92 Å². The molecule has 0 aliphatic carbocycles. The third-order valence-electron chi connectivity index (χ3n) is 5.58. The Labute approximate surface area is 191 Å². The molecule has 0 aliphatic rings. The summed E-state index contributed by atoms with van der Waals surface area (Å²) in [6.45, 7) is 12.4. The number of anilines is 2. The smallest absolute Gasteiger partial charge is 0.0976 e. The first-order chi connectivity index (χ1) is 15.6. The molecule has 3 aromatic carbocycles. The van der Waals surface area contributed by atoms with Crippen molar-refractivity contribution >= 4 is 22.3 Å². The molecule has 1 atom stereocenters. The van der Waals surface area contributed by atoms with Crippen molar-refractivity contribution in [1.29, 1.82) is 0 Å². The number of allylic oxidation sites excluding steroid dienone is 2. The number of rotatable bonds is 6. The maximum absolute atomic E-state index is 4.32. The van der Waals surface area contributed by atoms with Crippen LogP contribution in [0, 0.1) is 17.8 Å². The van der Waals surface area contributed by atoms with E-state index in [9.17, 15) is 0 Å². The minimum Gasteiger partial charge on any atom is -0.315 e. The molecule has 0 amide bonds. The molecule has 0 saturated carbocycles. The second kappa shape index (κ2) is 9.45. The van der Waals surface area contributed by atoms with E-state index >= 15 is 0 Å². The Morgan fingerprint density at radius 3 is 2.31 bits per heavy atom. The van der Waals surface area contributed by atoms with E-state index in [0.717, 1.165) is 45.8 Å². The van der Waals surface area contributed by atoms with Gasteiger partial charge in [0.05, 0.1) is 11.2 Å². The summed E-state index contributed by atoms with van der Waals surface area (Å²) in [5, 5.41) is 1.15. The summed E-state index contributed by atoms with van der Waals surface area (Å²) >= 11 is 0. The summed E-state index contributed by atoms with van der Waals surface area (Å²) in [6.07, 6.45) is 2.74. The van der Waals surface area contributed by atoms with E-state index in [1.165, 1.54) is 0 Å². The quantitative estimate of drug-likeness (QED) is 0.229. The molecule has 0 aliphatic heterocycles. The normalized spacial score (nSPS) is 11.4. The van der Waals surface area contributed by atoms with E-state index in [2.05, 4.69) is 121 Å². The van der Waals surface area contributed by atoms with Crippen LogP contribution in [0.25, 0.3) is 16.6 Å². The zero-order chi connectivity index (χ0) is 22.5. The first-order valence-electron chi connectivity index (χ1n) is 11.0. The summed E-state index contributed by atoms with van der Waals surface area (Å²) < 4.78 is 2.23. The largest absolute Gasteiger partial charge is 0.315 e. The first-order valence-corrected chi connectivity index (χ1v) is 11.0. The fraction of sp³-hybridized carbons (Fsp3) is 0.133. The van der Waals surface area contributed by atoms with Gasteiger partial charge in [0.1, 0.15) is 0 Å². The van der Waals surface area contributed by atoms with Crippen LogP contribution in [0.4, 0.5) is 11.4 Å². The Kier molecular flexibility index (Phi) is 6.29. The average molecular weight is 417 g/mol. The van der Waals surface area contributed by atoms with Gasteiger partial charge in [-0.15, -0.1) is 6.58 Å². The van der Waals surface area contributed by atoms with Crippen LogP contribution in [0.2, 0.25) is 0 Å². The van der Waals surface area contributed by atoms with E-state index < -0.39 is 0 Å². The third kappa shape index (κ3) is 4.24. The Hall–Kier alpha value is -3.96. The van der Waals surface area contributed by atoms with Crippen LogP contribution in [0.15, 0.2) is 110 Å². The van der Waals surface area contributed by atoms with Crippen LogP contribution in [-0.2, 0) is 0 Å². The summed E-state index contributed by atoms with van der Waals surface area (Å²) in [5.41, 5.74) is 6.46. The number of hydrogen-bond donors (Lipinski definition) is 0. The number of nitrogens with zero attached hydrogens (tertiary/aromatic N) is 2. The fourth-order valence-corrected chi connectivity index (χ4v) is 3.79. The molecule has 32 heavy (non-hydrogen) atoms. The summed E-state index contributed by atoms with van der Waals surface area (Å²) in [5.74, 6) is 6.81. The molecule has 1 aromatic heterocycles. The Balaban J connectivity index is 1.90. The van der Waals surface area contributed by atoms with Crippen molar-refractivity contribution < 1.29 is 0 Å². The predicted octanol–water partition coefficient (Wildman–Crippen LogP) is 7.87. The molecular weight excluding hydrogens is 388 g/mol. The molecule has 0 spiro atoms. The molecule has 0 N–H and O–H groups in total. The molecule has 1 unspecified atom stereocenters. The number of hydrogen-bond acceptors (Lipinski definition) is 1. The Morgan fingerprint density at radius 2 is 1.66 bits per heavy atom. The number of aromatic nitrogens is 1. The fourth-order valence-electron chi connectivity index (χ4n) is 3.79. The molecule has 2 nitrogen and oxygen atoms in total. The van der Waals surface area contributed by atoms with E-state index in [1.54, 1.807) is 0 Å². The minimum absolute atomic E-state index is 0.134. The van der Waals surface area contributed by atoms with Gasteiger partial charge in [0.15, 0.2) is 0 Å². The topological polar surface area (TPSA) is 8.17 Å². The zero-order valence-corrected chi connectivity index (χ0v) is 18.8. The van der Waals surface area contributed by atoms with Crippen molar-refractivity contribution in [3.8, 4) is 17.5 Å². The predicted molar refractivity (Wildman–Crippen MR) is 138 cm³/mol. The van der Waals surface area contributed by atoms with Gasteiger partial charge in [-0.1, -0.05) is 61.9 Å². The van der Waals surface area contributed by atoms with Crippen LogP contribution in [0.3, 0.4) is 0 Å². The van der Waals surface area contributed by atoms with Gasteiger partial charge in [-0.2, -0.15) is 0 Å². The molecule has 1 heterocycles. The highest BCUT2D eigenvalue weighted by Crippen LogP contribution is 2.34. The highest BCUT2D eigenvalue weighted by atomic mass is 15.1. The molecule has 0 bridgehead atoms. The molecule has 2 heteroatoms. The summed E-state index contributed by atoms with van der Waals surface area (Å²) in [7, 11) is 0. The maximum Gasteiger partial charge on any atom is 0.0976 e. The van der Waals surface area contributed by atoms with Crippen LogP contribution in [0.1, 0.15) is 26.0 Å². The molecule has 4 rings (SSSR count). The monoisotopic (exact) mass is 416 g/mol. The highest BCUT2D eigenvalue weighted by Gasteiger charge is 2.15. The Bertz CT molecular complexity index is 1300. The lowest BCUT2D eigenvalue weighted by atomic mass is 10.1. The van der Waals surface area contributed by atoms with Crippen LogP contribution >= 0.6 is 0 Å². The molecular formula is C30H28N2. The number of benzene rings is 3. The van der Waals surface area contributed by atoms with Crippen molar-refractivity contribution in [1.82, 2.24) is 4.57 Å². The van der Waals surface area contributed by atoms with Gasteiger partial charge in [-0.3, -0.25) is 0 Å². The molecule has 0 fully saturated rings. The lowest BCUT2D eigenvalue weighted by Gasteiger charge is -2.26. The average Bonchev–Trinajstić information content (AvgIpc) is 3.21. The SMILES string of the molecule is C=CC(C)C#Cc1cc2cc(N(C(=C)CC)c3ccccc3)ccc2n1-c1ccccc1. The molecule has 4 aromatic rings. The molecule has 158 valence electrons. The summed E-state index contributed by atoms with van der Waals surface area (Å²) in [4.78, 5) is 2.23. The standard InChI is InChI=1S/C30H28N2/c1-5-23(3)17-18-29-22-25-21-28(31(24(4)6-2)26-13-9-7-10-14-26)19-20-30(25)32(29)27-15-11-8-12-16-27/h5,7-16,19-23H,1,4,6H2,2-3H3. The second-order valence-electron chi connectivity index (χ2n) is 7.83. The van der Waals surface area contributed by atoms with Crippen LogP contribution in [0.5, 0.6) is 0 Å². The number of para-hydroxylation sites is 2. The second-order valence-corrected chi connectivity index (χ2v) is 7.83. The third-order valence-corrected chi connectivity index (χ3v) is 5.58. The van der Waals surface area contributed by atoms with E-state index in [-0.39, 0.29) is 5.92 Å². The van der Waals surface area contributed by atoms with Crippen molar-refractivity contribution in [3.63, 3.8) is 0 Å². The van der Waals surface area contributed by atoms with Crippen LogP contribution in [-0.4, -0.2) is 4.57 Å². The van der Waals surface area contributed by atoms with Gasteiger partial charge in [-0.05, 0) is 67.8 Å². The lowest BCUT2D eigenvalue weighted by molar-refractivity contribution is 0.982. The maximum atomic E-state index is 4.32. The van der Waals surface area contributed by atoms with Crippen LogP contribution < -0.4 is 4.90 Å². The molecule has 0 saturated heterocycles. The minimum atomic E-state index is 0.134. The van der Waals surface area contributed by atoms with Crippen molar-refractivity contribution in [2.45, 2.75) is 20.3 Å².